The maximum absolute atomic E-state index is 13.5. The lowest BCUT2D eigenvalue weighted by molar-refractivity contribution is -0.264. The van der Waals surface area contributed by atoms with E-state index in [1.54, 1.807) is 19.1 Å². The summed E-state index contributed by atoms with van der Waals surface area (Å²) in [5, 5.41) is 16.0. The Morgan fingerprint density at radius 2 is 1.79 bits per heavy atom. The molecule has 2 aromatic carbocycles. The summed E-state index contributed by atoms with van der Waals surface area (Å²) >= 11 is -2.28. The Balaban J connectivity index is 1.70. The molecule has 3 aromatic rings. The number of hydrogen-bond acceptors (Lipinski definition) is 6. The van der Waals surface area contributed by atoms with Crippen LogP contribution in [0, 0.1) is 12.7 Å². The molecule has 1 amide bonds. The first kappa shape index (κ1) is 25.3. The molecule has 182 valence electrons. The summed E-state index contributed by atoms with van der Waals surface area (Å²) in [6.45, 7) is -0.933. The van der Waals surface area contributed by atoms with Gasteiger partial charge >= 0.3 is 6.18 Å². The first-order valence-corrected chi connectivity index (χ1v) is 10.8. The van der Waals surface area contributed by atoms with Crippen LogP contribution in [-0.4, -0.2) is 49.9 Å². The quantitative estimate of drug-likeness (QED) is 0.409. The number of carbonyl (C=O) groups excluding carboxylic acids is 1. The fraction of sp³-hybridized carbons (Fsp3) is 0.238. The lowest BCUT2D eigenvalue weighted by Crippen LogP contribution is -2.56. The second-order valence-corrected chi connectivity index (χ2v) is 8.53. The van der Waals surface area contributed by atoms with E-state index in [4.69, 9.17) is 9.92 Å². The van der Waals surface area contributed by atoms with Gasteiger partial charge in [0.2, 0.25) is 5.60 Å². The van der Waals surface area contributed by atoms with Crippen molar-refractivity contribution >= 4 is 22.8 Å². The molecule has 0 aliphatic heterocycles. The Morgan fingerprint density at radius 1 is 1.18 bits per heavy atom. The maximum atomic E-state index is 13.5. The highest BCUT2D eigenvalue weighted by molar-refractivity contribution is 7.80. The molecular formula is C21H20F4N4O4S. The van der Waals surface area contributed by atoms with E-state index in [9.17, 15) is 31.7 Å². The van der Waals surface area contributed by atoms with Crippen LogP contribution in [0.5, 0.6) is 0 Å². The average Bonchev–Trinajstić information content (AvgIpc) is 3.17. The van der Waals surface area contributed by atoms with Gasteiger partial charge in [-0.2, -0.15) is 18.3 Å². The summed E-state index contributed by atoms with van der Waals surface area (Å²) in [5.74, 6) is -1.77. The molecular weight excluding hydrogens is 480 g/mol. The third-order valence-corrected chi connectivity index (χ3v) is 5.80. The number of alkyl halides is 3. The molecule has 8 nitrogen and oxygen atoms in total. The fourth-order valence-corrected chi connectivity index (χ4v) is 3.54. The molecule has 0 fully saturated rings. The largest absolute Gasteiger partial charge is 0.421 e. The Bertz CT molecular complexity index is 1180. The van der Waals surface area contributed by atoms with Crippen LogP contribution in [0.4, 0.5) is 23.4 Å². The molecule has 1 aromatic heterocycles. The van der Waals surface area contributed by atoms with Crippen molar-refractivity contribution in [2.45, 2.75) is 23.6 Å². The smallest absolute Gasteiger partial charge is 0.383 e. The third kappa shape index (κ3) is 5.61. The Morgan fingerprint density at radius 3 is 2.38 bits per heavy atom. The number of benzene rings is 2. The van der Waals surface area contributed by atoms with E-state index in [1.165, 1.54) is 24.3 Å². The van der Waals surface area contributed by atoms with Crippen molar-refractivity contribution in [1.82, 2.24) is 15.1 Å². The molecule has 0 spiro atoms. The van der Waals surface area contributed by atoms with Gasteiger partial charge in [-0.05, 0) is 43.3 Å². The van der Waals surface area contributed by atoms with Gasteiger partial charge in [0.05, 0.1) is 23.3 Å². The van der Waals surface area contributed by atoms with E-state index >= 15 is 0 Å². The highest BCUT2D eigenvalue weighted by Gasteiger charge is 2.54. The normalized spacial score (nSPS) is 14.4. The zero-order valence-electron chi connectivity index (χ0n) is 17.7. The van der Waals surface area contributed by atoms with Crippen molar-refractivity contribution in [2.75, 3.05) is 18.9 Å². The summed E-state index contributed by atoms with van der Waals surface area (Å²) in [5.41, 5.74) is 3.23. The molecule has 0 radical (unpaired) electrons. The number of anilines is 1. The predicted molar refractivity (Wildman–Crippen MR) is 115 cm³/mol. The molecule has 34 heavy (non-hydrogen) atoms. The number of aromatic nitrogens is 2. The van der Waals surface area contributed by atoms with E-state index in [2.05, 4.69) is 5.10 Å². The molecule has 0 aliphatic rings. The van der Waals surface area contributed by atoms with Gasteiger partial charge in [0.25, 0.3) is 5.91 Å². The predicted octanol–water partition coefficient (Wildman–Crippen LogP) is 2.66. The highest BCUT2D eigenvalue weighted by atomic mass is 32.2. The van der Waals surface area contributed by atoms with Gasteiger partial charge in [0.1, 0.15) is 23.8 Å². The molecule has 0 saturated heterocycles. The van der Waals surface area contributed by atoms with Crippen LogP contribution < -0.4 is 11.1 Å². The minimum absolute atomic E-state index is 0.111. The zero-order chi connectivity index (χ0) is 25.1. The second kappa shape index (κ2) is 9.91. The van der Waals surface area contributed by atoms with Crippen molar-refractivity contribution in [3.05, 3.63) is 71.7 Å². The molecule has 0 bridgehead atoms. The van der Waals surface area contributed by atoms with Gasteiger partial charge < -0.3 is 16.2 Å². The molecule has 2 atom stereocenters. The first-order chi connectivity index (χ1) is 15.9. The van der Waals surface area contributed by atoms with Crippen LogP contribution in [-0.2, 0) is 15.3 Å². The van der Waals surface area contributed by atoms with Gasteiger partial charge in [-0.25, -0.2) is 13.3 Å². The molecule has 2 unspecified atom stereocenters. The van der Waals surface area contributed by atoms with Crippen LogP contribution in [0.25, 0.3) is 5.69 Å². The number of aliphatic hydroxyl groups is 1. The fourth-order valence-electron chi connectivity index (χ4n) is 2.74. The average molecular weight is 500 g/mol. The van der Waals surface area contributed by atoms with Gasteiger partial charge in [-0.1, -0.05) is 17.7 Å². The molecule has 3 rings (SSSR count). The van der Waals surface area contributed by atoms with Crippen LogP contribution in [0.15, 0.2) is 59.6 Å². The second-order valence-electron chi connectivity index (χ2n) is 7.35. The van der Waals surface area contributed by atoms with Crippen LogP contribution in [0.2, 0.25) is 0 Å². The summed E-state index contributed by atoms with van der Waals surface area (Å²) in [7, 11) is 0. The molecule has 0 aliphatic carbocycles. The SMILES string of the molecule is Cc1ccc(S(=O)OCC(O)(CNC(=O)c2cnn(-c3ccc(F)cc3)c2N)C(F)(F)F)cc1. The Hall–Kier alpha value is -3.29. The number of aryl methyl sites for hydroxylation is 1. The topological polar surface area (TPSA) is 119 Å². The highest BCUT2D eigenvalue weighted by Crippen LogP contribution is 2.31. The van der Waals surface area contributed by atoms with Crippen molar-refractivity contribution < 1.29 is 35.9 Å². The number of amides is 1. The molecule has 0 saturated carbocycles. The van der Waals surface area contributed by atoms with Crippen molar-refractivity contribution in [1.29, 1.82) is 0 Å². The van der Waals surface area contributed by atoms with Gasteiger partial charge in [-0.3, -0.25) is 8.98 Å². The Labute approximate surface area is 194 Å². The van der Waals surface area contributed by atoms with Crippen LogP contribution in [0.1, 0.15) is 15.9 Å². The number of nitrogens with zero attached hydrogens (tertiary/aromatic N) is 2. The number of nitrogens with one attached hydrogen (secondary N) is 1. The minimum atomic E-state index is -5.22. The van der Waals surface area contributed by atoms with E-state index in [0.717, 1.165) is 28.6 Å². The molecule has 1 heterocycles. The van der Waals surface area contributed by atoms with E-state index in [-0.39, 0.29) is 16.3 Å². The lowest BCUT2D eigenvalue weighted by Gasteiger charge is -2.29. The van der Waals surface area contributed by atoms with E-state index in [0.29, 0.717) is 5.69 Å². The van der Waals surface area contributed by atoms with Gasteiger partial charge in [0, 0.05) is 0 Å². The summed E-state index contributed by atoms with van der Waals surface area (Å²) < 4.78 is 71.8. The Kier molecular flexibility index (Phi) is 7.38. The molecule has 4 N–H and O–H groups in total. The van der Waals surface area contributed by atoms with Crippen molar-refractivity contribution in [2.24, 2.45) is 0 Å². The first-order valence-electron chi connectivity index (χ1n) is 9.70. The van der Waals surface area contributed by atoms with Crippen molar-refractivity contribution in [3.8, 4) is 5.69 Å². The minimum Gasteiger partial charge on any atom is -0.383 e. The van der Waals surface area contributed by atoms with Gasteiger partial charge in [-0.15, -0.1) is 0 Å². The maximum Gasteiger partial charge on any atom is 0.421 e. The van der Waals surface area contributed by atoms with Crippen LogP contribution >= 0.6 is 0 Å². The lowest BCUT2D eigenvalue weighted by atomic mass is 10.1. The standard InChI is InChI=1S/C21H20F4N4O4S/c1-13-2-8-16(9-3-13)34(32)33-12-20(31,21(23,24)25)11-27-19(30)17-10-28-29(18(17)26)15-6-4-14(22)5-7-15/h2-10,31H,11-12,26H2,1H3,(H,27,30). The molecule has 13 heteroatoms. The summed E-state index contributed by atoms with van der Waals surface area (Å²) in [6.07, 6.45) is -4.20. The van der Waals surface area contributed by atoms with Crippen molar-refractivity contribution in [3.63, 3.8) is 0 Å². The number of halogens is 4. The number of nitrogens with two attached hydrogens (primary N) is 1. The number of carbonyl (C=O) groups is 1. The summed E-state index contributed by atoms with van der Waals surface area (Å²) in [6, 6.07) is 11.0. The number of nitrogen functional groups attached to an aromatic ring is 1. The van der Waals surface area contributed by atoms with E-state index in [1.807, 2.05) is 5.32 Å². The number of hydrogen-bond donors (Lipinski definition) is 3. The van der Waals surface area contributed by atoms with E-state index < -0.39 is 47.7 Å². The third-order valence-electron chi connectivity index (χ3n) is 4.81. The monoisotopic (exact) mass is 500 g/mol. The summed E-state index contributed by atoms with van der Waals surface area (Å²) in [4.78, 5) is 12.6. The zero-order valence-corrected chi connectivity index (χ0v) is 18.5. The van der Waals surface area contributed by atoms with Gasteiger partial charge in [0.15, 0.2) is 11.1 Å². The number of rotatable bonds is 8. The van der Waals surface area contributed by atoms with Crippen LogP contribution in [0.3, 0.4) is 0 Å².